The number of nitrogens with one attached hydrogen (secondary N) is 1. The number of benzene rings is 2. The monoisotopic (exact) mass is 417 g/mol. The van der Waals surface area contributed by atoms with Crippen LogP contribution in [-0.4, -0.2) is 27.8 Å². The molecule has 0 unspecified atom stereocenters. The fourth-order valence-electron chi connectivity index (χ4n) is 4.77. The lowest BCUT2D eigenvalue weighted by Gasteiger charge is -2.33. The summed E-state index contributed by atoms with van der Waals surface area (Å²) in [5.41, 5.74) is 2.42. The van der Waals surface area contributed by atoms with Crippen LogP contribution in [0.4, 0.5) is 0 Å². The molecule has 5 nitrogen and oxygen atoms in total. The van der Waals surface area contributed by atoms with E-state index in [-0.39, 0.29) is 23.4 Å². The first-order valence-corrected chi connectivity index (χ1v) is 11.1. The zero-order chi connectivity index (χ0) is 22.2. The molecule has 1 amide bonds. The molecule has 1 heterocycles. The Morgan fingerprint density at radius 1 is 1.06 bits per heavy atom. The van der Waals surface area contributed by atoms with Gasteiger partial charge in [0.2, 0.25) is 5.91 Å². The van der Waals surface area contributed by atoms with Gasteiger partial charge in [-0.25, -0.2) is 4.98 Å². The van der Waals surface area contributed by atoms with Gasteiger partial charge in [-0.05, 0) is 41.5 Å². The quantitative estimate of drug-likeness (QED) is 0.670. The van der Waals surface area contributed by atoms with Crippen LogP contribution in [0.5, 0.6) is 0 Å². The van der Waals surface area contributed by atoms with Crippen molar-refractivity contribution in [3.63, 3.8) is 0 Å². The van der Waals surface area contributed by atoms with E-state index >= 15 is 0 Å². The van der Waals surface area contributed by atoms with Crippen molar-refractivity contribution in [2.75, 3.05) is 7.05 Å². The summed E-state index contributed by atoms with van der Waals surface area (Å²) in [6.45, 7) is 6.87. The lowest BCUT2D eigenvalue weighted by molar-refractivity contribution is -0.136. The molecule has 5 heteroatoms. The number of carbonyl (C=O) groups is 1. The molecule has 0 saturated heterocycles. The molecule has 2 aromatic carbocycles. The number of fused-ring (bicyclic) bond motifs is 1. The molecule has 31 heavy (non-hydrogen) atoms. The van der Waals surface area contributed by atoms with Gasteiger partial charge in [-0.15, -0.1) is 0 Å². The first-order valence-electron chi connectivity index (χ1n) is 11.1. The smallest absolute Gasteiger partial charge is 0.258 e. The summed E-state index contributed by atoms with van der Waals surface area (Å²) >= 11 is 0. The highest BCUT2D eigenvalue weighted by Crippen LogP contribution is 2.43. The lowest BCUT2D eigenvalue weighted by atomic mass is 9.76. The summed E-state index contributed by atoms with van der Waals surface area (Å²) in [6, 6.07) is 15.9. The standard InChI is InChI=1S/C26H31N3O2/c1-25(2,3)18-11-13-19(14-12-18)26(15-7-8-16-26)24(31)29(4)17-22-27-21-10-6-5-9-20(21)23(30)28-22/h5-6,9-14H,7-8,15-17H2,1-4H3,(H,27,28,30). The molecular weight excluding hydrogens is 386 g/mol. The molecule has 1 N–H and O–H groups in total. The van der Waals surface area contributed by atoms with Crippen molar-refractivity contribution in [2.45, 2.75) is 63.8 Å². The normalized spacial score (nSPS) is 15.9. The molecule has 1 aliphatic rings. The maximum absolute atomic E-state index is 13.7. The Kier molecular flexibility index (Phi) is 5.46. The molecule has 1 aliphatic carbocycles. The largest absolute Gasteiger partial charge is 0.338 e. The highest BCUT2D eigenvalue weighted by atomic mass is 16.2. The Bertz CT molecular complexity index is 1150. The van der Waals surface area contributed by atoms with Crippen molar-refractivity contribution >= 4 is 16.8 Å². The van der Waals surface area contributed by atoms with Crippen LogP contribution in [0, 0.1) is 0 Å². The van der Waals surface area contributed by atoms with Gasteiger partial charge in [0, 0.05) is 7.05 Å². The minimum absolute atomic E-state index is 0.0792. The number of likely N-dealkylation sites (N-methyl/N-ethyl adjacent to an activating group) is 1. The van der Waals surface area contributed by atoms with Crippen molar-refractivity contribution in [3.05, 3.63) is 75.8 Å². The third-order valence-electron chi connectivity index (χ3n) is 6.57. The molecule has 162 valence electrons. The molecule has 1 saturated carbocycles. The van der Waals surface area contributed by atoms with Gasteiger partial charge in [0.15, 0.2) is 0 Å². The number of hydrogen-bond acceptors (Lipinski definition) is 3. The Hall–Kier alpha value is -2.95. The van der Waals surface area contributed by atoms with E-state index < -0.39 is 5.41 Å². The average molecular weight is 418 g/mol. The molecule has 0 aliphatic heterocycles. The predicted molar refractivity (Wildman–Crippen MR) is 124 cm³/mol. The topological polar surface area (TPSA) is 66.1 Å². The van der Waals surface area contributed by atoms with E-state index in [4.69, 9.17) is 0 Å². The third kappa shape index (κ3) is 4.01. The average Bonchev–Trinajstić information content (AvgIpc) is 3.24. The van der Waals surface area contributed by atoms with Crippen LogP contribution in [-0.2, 0) is 22.2 Å². The second-order valence-electron chi connectivity index (χ2n) is 9.81. The number of aromatic nitrogens is 2. The number of hydrogen-bond donors (Lipinski definition) is 1. The van der Waals surface area contributed by atoms with Crippen LogP contribution in [0.25, 0.3) is 10.9 Å². The van der Waals surface area contributed by atoms with Gasteiger partial charge in [-0.2, -0.15) is 0 Å². The minimum Gasteiger partial charge on any atom is -0.338 e. The van der Waals surface area contributed by atoms with E-state index in [1.807, 2.05) is 18.2 Å². The summed E-state index contributed by atoms with van der Waals surface area (Å²) in [7, 11) is 1.81. The Balaban J connectivity index is 1.62. The zero-order valence-corrected chi connectivity index (χ0v) is 18.9. The van der Waals surface area contributed by atoms with E-state index in [2.05, 4.69) is 55.0 Å². The maximum atomic E-state index is 13.7. The van der Waals surface area contributed by atoms with Crippen molar-refractivity contribution in [1.82, 2.24) is 14.9 Å². The van der Waals surface area contributed by atoms with Crippen LogP contribution in [0.3, 0.4) is 0 Å². The fourth-order valence-corrected chi connectivity index (χ4v) is 4.77. The zero-order valence-electron chi connectivity index (χ0n) is 18.9. The number of nitrogens with zero attached hydrogens (tertiary/aromatic N) is 2. The molecule has 4 rings (SSSR count). The van der Waals surface area contributed by atoms with E-state index in [1.54, 1.807) is 18.0 Å². The molecule has 1 aromatic heterocycles. The second kappa shape index (κ2) is 7.95. The minimum atomic E-state index is -0.498. The van der Waals surface area contributed by atoms with Gasteiger partial charge >= 0.3 is 0 Å². The van der Waals surface area contributed by atoms with Gasteiger partial charge in [-0.1, -0.05) is 70.0 Å². The molecule has 3 aromatic rings. The molecular formula is C26H31N3O2. The highest BCUT2D eigenvalue weighted by molar-refractivity contribution is 5.88. The highest BCUT2D eigenvalue weighted by Gasteiger charge is 2.44. The summed E-state index contributed by atoms with van der Waals surface area (Å²) in [4.78, 5) is 35.2. The van der Waals surface area contributed by atoms with Gasteiger partial charge in [0.05, 0.1) is 22.9 Å². The Labute approximate surface area is 183 Å². The first kappa shape index (κ1) is 21.3. The van der Waals surface area contributed by atoms with Crippen LogP contribution in [0.15, 0.2) is 53.3 Å². The number of para-hydroxylation sites is 1. The molecule has 0 spiro atoms. The Morgan fingerprint density at radius 2 is 1.71 bits per heavy atom. The van der Waals surface area contributed by atoms with E-state index in [1.165, 1.54) is 5.56 Å². The van der Waals surface area contributed by atoms with E-state index in [9.17, 15) is 9.59 Å². The van der Waals surface area contributed by atoms with Gasteiger partial charge in [-0.3, -0.25) is 9.59 Å². The predicted octanol–water partition coefficient (Wildman–Crippen LogP) is 4.69. The van der Waals surface area contributed by atoms with Gasteiger partial charge < -0.3 is 9.88 Å². The molecule has 0 radical (unpaired) electrons. The number of rotatable bonds is 4. The molecule has 0 atom stereocenters. The van der Waals surface area contributed by atoms with Crippen molar-refractivity contribution in [3.8, 4) is 0 Å². The van der Waals surface area contributed by atoms with E-state index in [0.717, 1.165) is 31.2 Å². The number of carbonyl (C=O) groups excluding carboxylic acids is 1. The van der Waals surface area contributed by atoms with Crippen LogP contribution < -0.4 is 5.56 Å². The second-order valence-corrected chi connectivity index (χ2v) is 9.81. The summed E-state index contributed by atoms with van der Waals surface area (Å²) in [5, 5.41) is 0.562. The third-order valence-corrected chi connectivity index (χ3v) is 6.57. The van der Waals surface area contributed by atoms with Crippen LogP contribution in [0.2, 0.25) is 0 Å². The SMILES string of the molecule is CN(Cc1nc2ccccc2c(=O)[nH]1)C(=O)C1(c2ccc(C(C)(C)C)cc2)CCCC1. The number of H-pyrrole nitrogens is 1. The first-order chi connectivity index (χ1) is 14.7. The van der Waals surface area contributed by atoms with Crippen LogP contribution in [0.1, 0.15) is 63.4 Å². The van der Waals surface area contributed by atoms with Crippen molar-refractivity contribution in [1.29, 1.82) is 0 Å². The molecule has 1 fully saturated rings. The van der Waals surface area contributed by atoms with E-state index in [0.29, 0.717) is 16.7 Å². The number of aromatic amines is 1. The summed E-state index contributed by atoms with van der Waals surface area (Å²) < 4.78 is 0. The van der Waals surface area contributed by atoms with Gasteiger partial charge in [0.25, 0.3) is 5.56 Å². The van der Waals surface area contributed by atoms with Crippen LogP contribution >= 0.6 is 0 Å². The maximum Gasteiger partial charge on any atom is 0.258 e. The molecule has 0 bridgehead atoms. The summed E-state index contributed by atoms with van der Waals surface area (Å²) in [6.07, 6.45) is 3.80. The van der Waals surface area contributed by atoms with Gasteiger partial charge in [0.1, 0.15) is 5.82 Å². The lowest BCUT2D eigenvalue weighted by Crippen LogP contribution is -2.43. The fraction of sp³-hybridized carbons (Fsp3) is 0.423. The Morgan fingerprint density at radius 3 is 2.35 bits per heavy atom. The summed E-state index contributed by atoms with van der Waals surface area (Å²) in [5.74, 6) is 0.611. The van der Waals surface area contributed by atoms with Crippen molar-refractivity contribution < 1.29 is 4.79 Å². The number of amides is 1. The van der Waals surface area contributed by atoms with Crippen molar-refractivity contribution in [2.24, 2.45) is 0 Å².